The third-order valence-corrected chi connectivity index (χ3v) is 5.07. The van der Waals surface area contributed by atoms with E-state index in [0.29, 0.717) is 45.7 Å². The topological polar surface area (TPSA) is 60.0 Å². The van der Waals surface area contributed by atoms with Gasteiger partial charge in [0.15, 0.2) is 16.6 Å². The van der Waals surface area contributed by atoms with Gasteiger partial charge in [-0.05, 0) is 83.1 Å². The van der Waals surface area contributed by atoms with Crippen molar-refractivity contribution in [3.63, 3.8) is 0 Å². The highest BCUT2D eigenvalue weighted by Crippen LogP contribution is 2.37. The van der Waals surface area contributed by atoms with Crippen LogP contribution in [0.4, 0.5) is 5.69 Å². The van der Waals surface area contributed by atoms with Crippen molar-refractivity contribution in [2.24, 2.45) is 0 Å². The largest absolute Gasteiger partial charge is 0.494 e. The van der Waals surface area contributed by atoms with Crippen molar-refractivity contribution in [1.82, 2.24) is 5.32 Å². The summed E-state index contributed by atoms with van der Waals surface area (Å²) >= 11 is 8.87. The Balaban J connectivity index is 1.88. The molecule has 0 aromatic heterocycles. The van der Waals surface area contributed by atoms with Gasteiger partial charge in [0.05, 0.1) is 23.9 Å². The van der Waals surface area contributed by atoms with E-state index < -0.39 is 0 Å². The van der Waals surface area contributed by atoms with Crippen LogP contribution in [0.5, 0.6) is 17.2 Å². The molecule has 0 unspecified atom stereocenters. The molecule has 156 valence electrons. The van der Waals surface area contributed by atoms with E-state index in [2.05, 4.69) is 27.8 Å². The summed E-state index contributed by atoms with van der Waals surface area (Å²) < 4.78 is 17.2. The Morgan fingerprint density at radius 3 is 2.60 bits per heavy atom. The number of carbonyl (C=O) groups is 1. The van der Waals surface area contributed by atoms with Crippen molar-refractivity contribution in [2.45, 2.75) is 6.92 Å². The van der Waals surface area contributed by atoms with Gasteiger partial charge in [0.2, 0.25) is 0 Å². The number of nitrogens with one attached hydrogen (secondary N) is 1. The maximum Gasteiger partial charge on any atom is 0.281 e. The van der Waals surface area contributed by atoms with Gasteiger partial charge in [-0.25, -0.2) is 0 Å². The highest BCUT2D eigenvalue weighted by atomic mass is 79.9. The summed E-state index contributed by atoms with van der Waals surface area (Å²) in [5.74, 6) is 1.59. The molecule has 30 heavy (non-hydrogen) atoms. The molecular weight excluding hydrogens is 468 g/mol. The van der Waals surface area contributed by atoms with Crippen molar-refractivity contribution in [3.05, 3.63) is 64.8 Å². The third-order valence-electron chi connectivity index (χ3n) is 4.19. The third kappa shape index (κ3) is 4.66. The summed E-state index contributed by atoms with van der Waals surface area (Å²) in [6.07, 6.45) is 3.37. The molecule has 1 N–H and O–H groups in total. The Morgan fingerprint density at radius 2 is 1.97 bits per heavy atom. The maximum atomic E-state index is 13.0. The molecular formula is C22H21BrN2O4S. The van der Waals surface area contributed by atoms with E-state index in [9.17, 15) is 4.79 Å². The van der Waals surface area contributed by atoms with Gasteiger partial charge in [-0.15, -0.1) is 0 Å². The maximum absolute atomic E-state index is 13.0. The molecule has 0 bridgehead atoms. The number of anilines is 1. The molecule has 0 saturated carbocycles. The van der Waals surface area contributed by atoms with Crippen molar-refractivity contribution in [3.8, 4) is 17.2 Å². The fraction of sp³-hybridized carbons (Fsp3) is 0.182. The first kappa shape index (κ1) is 21.9. The molecule has 3 rings (SSSR count). The fourth-order valence-corrected chi connectivity index (χ4v) is 3.77. The Kier molecular flexibility index (Phi) is 7.12. The second-order valence-corrected chi connectivity index (χ2v) is 7.43. The predicted octanol–water partition coefficient (Wildman–Crippen LogP) is 4.68. The summed E-state index contributed by atoms with van der Waals surface area (Å²) in [5, 5.41) is 3.30. The van der Waals surface area contributed by atoms with Crippen LogP contribution in [0.3, 0.4) is 0 Å². The zero-order chi connectivity index (χ0) is 21.7. The van der Waals surface area contributed by atoms with Crippen molar-refractivity contribution < 1.29 is 19.0 Å². The van der Waals surface area contributed by atoms with Gasteiger partial charge >= 0.3 is 0 Å². The predicted molar refractivity (Wildman–Crippen MR) is 125 cm³/mol. The number of amides is 1. The summed E-state index contributed by atoms with van der Waals surface area (Å²) in [7, 11) is 1.56. The Hall–Kier alpha value is -2.84. The molecule has 1 aliphatic heterocycles. The van der Waals surface area contributed by atoms with Crippen LogP contribution in [0.25, 0.3) is 6.08 Å². The van der Waals surface area contributed by atoms with E-state index >= 15 is 0 Å². The second kappa shape index (κ2) is 9.77. The lowest BCUT2D eigenvalue weighted by atomic mass is 10.1. The molecule has 6 nitrogen and oxygen atoms in total. The molecule has 2 aromatic rings. The summed E-state index contributed by atoms with van der Waals surface area (Å²) in [5.41, 5.74) is 1.77. The lowest BCUT2D eigenvalue weighted by Gasteiger charge is -2.14. The average molecular weight is 489 g/mol. The minimum Gasteiger partial charge on any atom is -0.494 e. The Bertz CT molecular complexity index is 1000. The normalized spacial score (nSPS) is 14.6. The Morgan fingerprint density at radius 1 is 1.23 bits per heavy atom. The minimum atomic E-state index is -0.244. The van der Waals surface area contributed by atoms with Gasteiger partial charge in [-0.3, -0.25) is 9.69 Å². The van der Waals surface area contributed by atoms with Gasteiger partial charge < -0.3 is 19.5 Å². The molecule has 1 amide bonds. The SMILES string of the molecule is C=CCOc1c(Br)cc(/C=C2\NC(=S)N(c3ccc(OCC)cc3)C2=O)cc1OC. The van der Waals surface area contributed by atoms with E-state index in [-0.39, 0.29) is 5.91 Å². The number of carbonyl (C=O) groups excluding carboxylic acids is 1. The van der Waals surface area contributed by atoms with Crippen molar-refractivity contribution >= 4 is 50.9 Å². The van der Waals surface area contributed by atoms with Crippen molar-refractivity contribution in [2.75, 3.05) is 25.2 Å². The number of hydrogen-bond donors (Lipinski definition) is 1. The van der Waals surface area contributed by atoms with E-state index in [0.717, 1.165) is 11.3 Å². The molecule has 0 spiro atoms. The van der Waals surface area contributed by atoms with Gasteiger partial charge in [0.25, 0.3) is 5.91 Å². The van der Waals surface area contributed by atoms with Crippen LogP contribution in [-0.2, 0) is 4.79 Å². The highest BCUT2D eigenvalue weighted by molar-refractivity contribution is 9.10. The van der Waals surface area contributed by atoms with Gasteiger partial charge in [0, 0.05) is 0 Å². The number of nitrogens with zero attached hydrogens (tertiary/aromatic N) is 1. The zero-order valence-electron chi connectivity index (χ0n) is 16.6. The smallest absolute Gasteiger partial charge is 0.281 e. The molecule has 1 heterocycles. The van der Waals surface area contributed by atoms with Crippen LogP contribution in [0, 0.1) is 0 Å². The summed E-state index contributed by atoms with van der Waals surface area (Å²) in [4.78, 5) is 14.4. The van der Waals surface area contributed by atoms with E-state index in [1.807, 2.05) is 13.0 Å². The monoisotopic (exact) mass is 488 g/mol. The highest BCUT2D eigenvalue weighted by Gasteiger charge is 2.32. The van der Waals surface area contributed by atoms with Crippen LogP contribution in [0.2, 0.25) is 0 Å². The number of benzene rings is 2. The zero-order valence-corrected chi connectivity index (χ0v) is 19.0. The lowest BCUT2D eigenvalue weighted by Crippen LogP contribution is -2.30. The van der Waals surface area contributed by atoms with E-state index in [1.54, 1.807) is 49.6 Å². The minimum absolute atomic E-state index is 0.244. The quantitative estimate of drug-likeness (QED) is 0.330. The molecule has 0 radical (unpaired) electrons. The second-order valence-electron chi connectivity index (χ2n) is 6.19. The Labute approximate surface area is 189 Å². The number of ether oxygens (including phenoxy) is 3. The molecule has 1 fully saturated rings. The first-order valence-electron chi connectivity index (χ1n) is 9.19. The fourth-order valence-electron chi connectivity index (χ4n) is 2.90. The molecule has 0 aliphatic carbocycles. The molecule has 1 saturated heterocycles. The van der Waals surface area contributed by atoms with Crippen LogP contribution in [0.15, 0.2) is 59.2 Å². The number of methoxy groups -OCH3 is 1. The first-order chi connectivity index (χ1) is 14.5. The summed E-state index contributed by atoms with van der Waals surface area (Å²) in [6.45, 7) is 6.49. The van der Waals surface area contributed by atoms with E-state index in [1.165, 1.54) is 4.90 Å². The number of thiocarbonyl (C=S) groups is 1. The van der Waals surface area contributed by atoms with Crippen molar-refractivity contribution in [1.29, 1.82) is 0 Å². The molecule has 8 heteroatoms. The van der Waals surface area contributed by atoms with Gasteiger partial charge in [-0.2, -0.15) is 0 Å². The molecule has 1 aliphatic rings. The molecule has 2 aromatic carbocycles. The van der Waals surface area contributed by atoms with Gasteiger partial charge in [-0.1, -0.05) is 12.7 Å². The molecule has 0 atom stereocenters. The van der Waals surface area contributed by atoms with Crippen LogP contribution < -0.4 is 24.4 Å². The van der Waals surface area contributed by atoms with Crippen LogP contribution in [0.1, 0.15) is 12.5 Å². The standard InChI is InChI=1S/C22H21BrN2O4S/c1-4-10-29-20-17(23)11-14(13-19(20)27-3)12-18-21(26)25(22(30)24-18)15-6-8-16(9-7-15)28-5-2/h4,6-9,11-13H,1,5,10H2,2-3H3,(H,24,30)/b18-12-. The lowest BCUT2D eigenvalue weighted by molar-refractivity contribution is -0.113. The number of hydrogen-bond acceptors (Lipinski definition) is 5. The number of halogens is 1. The van der Waals surface area contributed by atoms with Crippen LogP contribution in [-0.4, -0.2) is 31.3 Å². The van der Waals surface area contributed by atoms with E-state index in [4.69, 9.17) is 26.4 Å². The summed E-state index contributed by atoms with van der Waals surface area (Å²) in [6, 6.07) is 10.8. The average Bonchev–Trinajstić information content (AvgIpc) is 3.00. The number of rotatable bonds is 8. The van der Waals surface area contributed by atoms with Gasteiger partial charge in [0.1, 0.15) is 18.1 Å². The van der Waals surface area contributed by atoms with Crippen LogP contribution >= 0.6 is 28.1 Å². The first-order valence-corrected chi connectivity index (χ1v) is 10.4.